The van der Waals surface area contributed by atoms with Gasteiger partial charge in [0.25, 0.3) is 0 Å². The molecule has 8 aromatic carbocycles. The zero-order chi connectivity index (χ0) is 46.1. The number of nitrogens with one attached hydrogen (secondary N) is 2. The molecule has 326 valence electrons. The maximum atomic E-state index is 7.13. The quantitative estimate of drug-likeness (QED) is 0.0571. The largest absolute Gasteiger partial charge is 2.00 e. The second-order valence-electron chi connectivity index (χ2n) is 15.8. The Balaban J connectivity index is 0.000000142. The molecular formula is C56H32FeN10S2. The number of benzene rings is 8. The summed E-state index contributed by atoms with van der Waals surface area (Å²) in [7, 11) is 0. The molecule has 14 rings (SSSR count). The molecule has 13 heteroatoms. The van der Waals surface area contributed by atoms with Crippen molar-refractivity contribution in [3.05, 3.63) is 193 Å². The number of hydrogen-bond acceptors (Lipinski definition) is 8. The standard InChI is InChI=1S/2C27H16N4.2CNS.Fe/c2*1-3-9-18-16(7-1)15-17-8-2-4-10-19(17)22(18)27-30-25-20-11-5-13-28-23(20)24-21(26(25)31-27)12-6-14-29-24;2*2-1-3;/h2*1-15H,(H,30,31);;;/q;;2*-1;+2. The topological polar surface area (TPSA) is 154 Å². The molecule has 0 atom stereocenters. The normalized spacial score (nSPS) is 10.9. The van der Waals surface area contributed by atoms with Crippen molar-refractivity contribution in [1.29, 1.82) is 0 Å². The van der Waals surface area contributed by atoms with Crippen molar-refractivity contribution < 1.29 is 17.1 Å². The van der Waals surface area contributed by atoms with Crippen molar-refractivity contribution in [2.45, 2.75) is 0 Å². The van der Waals surface area contributed by atoms with Crippen LogP contribution in [0, 0.1) is 0 Å². The minimum Gasteiger partial charge on any atom is -0.753 e. The third-order valence-electron chi connectivity index (χ3n) is 12.2. The molecule has 0 aliphatic carbocycles. The summed E-state index contributed by atoms with van der Waals surface area (Å²) >= 11 is 7.40. The minimum atomic E-state index is 0. The number of aromatic nitrogens is 8. The van der Waals surface area contributed by atoms with Gasteiger partial charge >= 0.3 is 17.1 Å². The van der Waals surface area contributed by atoms with Gasteiger partial charge in [0.15, 0.2) is 0 Å². The van der Waals surface area contributed by atoms with Crippen LogP contribution in [0.1, 0.15) is 0 Å². The average molecular weight is 965 g/mol. The van der Waals surface area contributed by atoms with E-state index in [1.807, 2.05) is 49.1 Å². The molecule has 10 nitrogen and oxygen atoms in total. The summed E-state index contributed by atoms with van der Waals surface area (Å²) in [6.45, 7) is 0. The Bertz CT molecular complexity index is 3830. The zero-order valence-electron chi connectivity index (χ0n) is 36.1. The van der Waals surface area contributed by atoms with Gasteiger partial charge in [0.1, 0.15) is 11.6 Å². The molecule has 0 spiro atoms. The number of H-pyrrole nitrogens is 2. The molecule has 0 amide bonds. The van der Waals surface area contributed by atoms with E-state index in [1.54, 1.807) is 0 Å². The molecule has 2 N–H and O–H groups in total. The van der Waals surface area contributed by atoms with Crippen molar-refractivity contribution in [2.24, 2.45) is 0 Å². The fourth-order valence-electron chi connectivity index (χ4n) is 9.46. The van der Waals surface area contributed by atoms with Gasteiger partial charge in [0, 0.05) is 57.5 Å². The number of fused-ring (bicyclic) bond motifs is 16. The van der Waals surface area contributed by atoms with Crippen LogP contribution in [-0.4, -0.2) is 50.2 Å². The predicted octanol–water partition coefficient (Wildman–Crippen LogP) is 14.6. The summed E-state index contributed by atoms with van der Waals surface area (Å²) in [4.78, 5) is 36.1. The SMILES string of the molecule is [Fe+2].[N-]=C=S.[N-]=C=S.c1ccc2c(-c3nc4c5cccnc5c5ncccc5c4[nH]3)c3ccccc3cc2c1.c1ccc2c(-c3nc4c5cccnc5c5ncccc5c4[nH]3)c3ccccc3cc2c1. The van der Waals surface area contributed by atoms with E-state index in [4.69, 9.17) is 20.8 Å². The number of rotatable bonds is 2. The van der Waals surface area contributed by atoms with Crippen molar-refractivity contribution in [1.82, 2.24) is 39.9 Å². The maximum absolute atomic E-state index is 7.13. The first-order valence-corrected chi connectivity index (χ1v) is 22.3. The first-order valence-electron chi connectivity index (χ1n) is 21.5. The molecule has 14 aromatic rings. The molecule has 0 saturated carbocycles. The predicted molar refractivity (Wildman–Crippen MR) is 286 cm³/mol. The summed E-state index contributed by atoms with van der Waals surface area (Å²) in [5.41, 5.74) is 9.64. The Morgan fingerprint density at radius 3 is 0.928 bits per heavy atom. The van der Waals surface area contributed by atoms with Gasteiger partial charge in [-0.3, -0.25) is 19.9 Å². The van der Waals surface area contributed by atoms with Crippen LogP contribution in [0.25, 0.3) is 142 Å². The van der Waals surface area contributed by atoms with Crippen LogP contribution in [0.2, 0.25) is 0 Å². The number of nitrogens with zero attached hydrogens (tertiary/aromatic N) is 8. The van der Waals surface area contributed by atoms with Crippen molar-refractivity contribution >= 4 is 144 Å². The Morgan fingerprint density at radius 1 is 0.348 bits per heavy atom. The zero-order valence-corrected chi connectivity index (χ0v) is 38.8. The molecule has 0 unspecified atom stereocenters. The summed E-state index contributed by atoms with van der Waals surface area (Å²) in [6, 6.07) is 54.6. The molecule has 0 fully saturated rings. The monoisotopic (exact) mass is 964 g/mol. The average Bonchev–Trinajstić information content (AvgIpc) is 4.05. The number of pyridine rings is 4. The smallest absolute Gasteiger partial charge is 0.753 e. The Kier molecular flexibility index (Phi) is 12.2. The van der Waals surface area contributed by atoms with Gasteiger partial charge in [0.05, 0.1) is 44.1 Å². The van der Waals surface area contributed by atoms with Crippen LogP contribution in [0.5, 0.6) is 0 Å². The van der Waals surface area contributed by atoms with Crippen molar-refractivity contribution in [3.8, 4) is 22.8 Å². The number of hydrogen-bond donors (Lipinski definition) is 2. The summed E-state index contributed by atoms with van der Waals surface area (Å²) in [6.07, 6.45) is 7.26. The van der Waals surface area contributed by atoms with Gasteiger partial charge in [-0.1, -0.05) is 121 Å². The molecule has 0 radical (unpaired) electrons. The van der Waals surface area contributed by atoms with Crippen LogP contribution in [0.15, 0.2) is 183 Å². The Labute approximate surface area is 414 Å². The first kappa shape index (κ1) is 44.3. The van der Waals surface area contributed by atoms with Crippen LogP contribution in [-0.2, 0) is 17.1 Å². The molecule has 0 saturated heterocycles. The van der Waals surface area contributed by atoms with E-state index in [2.05, 4.69) is 188 Å². The van der Waals surface area contributed by atoms with E-state index >= 15 is 0 Å². The summed E-state index contributed by atoms with van der Waals surface area (Å²) in [5, 5.41) is 30.6. The number of aromatic amines is 2. The second kappa shape index (κ2) is 19.0. The van der Waals surface area contributed by atoms with Gasteiger partial charge in [-0.25, -0.2) is 9.97 Å². The van der Waals surface area contributed by atoms with E-state index in [0.29, 0.717) is 0 Å². The summed E-state index contributed by atoms with van der Waals surface area (Å²) < 4.78 is 0. The van der Waals surface area contributed by atoms with Crippen molar-refractivity contribution in [3.63, 3.8) is 0 Å². The van der Waals surface area contributed by atoms with Crippen LogP contribution in [0.4, 0.5) is 0 Å². The van der Waals surface area contributed by atoms with Crippen LogP contribution >= 0.6 is 24.4 Å². The molecule has 69 heavy (non-hydrogen) atoms. The van der Waals surface area contributed by atoms with E-state index < -0.39 is 0 Å². The third kappa shape index (κ3) is 7.73. The Hall–Kier alpha value is -8.50. The minimum absolute atomic E-state index is 0. The maximum Gasteiger partial charge on any atom is 2.00 e. The molecular weight excluding hydrogens is 933 g/mol. The molecule has 6 aromatic heterocycles. The number of isothiocyanates is 2. The van der Waals surface area contributed by atoms with Gasteiger partial charge < -0.3 is 20.8 Å². The van der Waals surface area contributed by atoms with Crippen LogP contribution < -0.4 is 0 Å². The van der Waals surface area contributed by atoms with Crippen LogP contribution in [0.3, 0.4) is 0 Å². The van der Waals surface area contributed by atoms with Gasteiger partial charge in [-0.2, -0.15) is 10.3 Å². The first-order chi connectivity index (χ1) is 33.6. The van der Waals surface area contributed by atoms with Gasteiger partial charge in [-0.15, -0.1) is 0 Å². The van der Waals surface area contributed by atoms with E-state index in [9.17, 15) is 0 Å². The summed E-state index contributed by atoms with van der Waals surface area (Å²) in [5.74, 6) is 1.73. The van der Waals surface area contributed by atoms with E-state index in [0.717, 1.165) is 88.5 Å². The molecule has 0 aliphatic rings. The van der Waals surface area contributed by atoms with E-state index in [-0.39, 0.29) is 17.1 Å². The third-order valence-corrected chi connectivity index (χ3v) is 12.2. The second-order valence-corrected chi connectivity index (χ2v) is 16.2. The molecule has 0 aliphatic heterocycles. The van der Waals surface area contributed by atoms with Crippen molar-refractivity contribution in [2.75, 3.05) is 0 Å². The van der Waals surface area contributed by atoms with E-state index in [1.165, 1.54) is 53.4 Å². The van der Waals surface area contributed by atoms with Gasteiger partial charge in [-0.05, 0) is 104 Å². The fraction of sp³-hybridized carbons (Fsp3) is 0. The molecule has 6 heterocycles. The number of thiocarbonyl (C=S) groups is 2. The van der Waals surface area contributed by atoms with Gasteiger partial charge in [0.2, 0.25) is 0 Å². The Morgan fingerprint density at radius 2 is 0.609 bits per heavy atom. The molecule has 0 bridgehead atoms. The fourth-order valence-corrected chi connectivity index (χ4v) is 9.46. The number of imidazole rings is 2.